The molecule has 0 saturated heterocycles. The second-order valence-electron chi connectivity index (χ2n) is 5.94. The van der Waals surface area contributed by atoms with E-state index in [1.807, 2.05) is 6.92 Å². The first-order valence-corrected chi connectivity index (χ1v) is 8.14. The fraction of sp³-hybridized carbons (Fsp3) is 0.562. The molecule has 1 fully saturated rings. The van der Waals surface area contributed by atoms with Crippen LogP contribution in [0.3, 0.4) is 0 Å². The van der Waals surface area contributed by atoms with Crippen LogP contribution in [0.1, 0.15) is 49.4 Å². The van der Waals surface area contributed by atoms with Gasteiger partial charge in [0.05, 0.1) is 11.8 Å². The summed E-state index contributed by atoms with van der Waals surface area (Å²) in [5, 5.41) is 6.23. The Kier molecular flexibility index (Phi) is 4.56. The fourth-order valence-electron chi connectivity index (χ4n) is 2.95. The Balaban J connectivity index is 1.74. The van der Waals surface area contributed by atoms with Gasteiger partial charge in [-0.2, -0.15) is 0 Å². The number of H-pyrrole nitrogens is 1. The maximum absolute atomic E-state index is 12.1. The third-order valence-corrected chi connectivity index (χ3v) is 4.21. The third-order valence-electron chi connectivity index (χ3n) is 4.21. The van der Waals surface area contributed by atoms with E-state index in [9.17, 15) is 4.79 Å². The van der Waals surface area contributed by atoms with Crippen molar-refractivity contribution in [2.24, 2.45) is 5.92 Å². The van der Waals surface area contributed by atoms with Crippen LogP contribution >= 0.6 is 0 Å². The quantitative estimate of drug-likeness (QED) is 0.766. The van der Waals surface area contributed by atoms with Gasteiger partial charge in [0.1, 0.15) is 11.3 Å². The molecule has 2 aromatic rings. The molecule has 0 aliphatic heterocycles. The lowest BCUT2D eigenvalue weighted by Crippen LogP contribution is -2.23. The molecule has 0 aromatic carbocycles. The first kappa shape index (κ1) is 14.8. The summed E-state index contributed by atoms with van der Waals surface area (Å²) in [6.07, 6.45) is 9.55. The Hall–Kier alpha value is -2.11. The zero-order valence-electron chi connectivity index (χ0n) is 13.0. The number of nitrogens with one attached hydrogen (secondary N) is 3. The number of hydrogen-bond donors (Lipinski definition) is 3. The third kappa shape index (κ3) is 3.21. The van der Waals surface area contributed by atoms with Crippen LogP contribution in [0.4, 0.5) is 5.82 Å². The predicted octanol–water partition coefficient (Wildman–Crippen LogP) is 2.70. The summed E-state index contributed by atoms with van der Waals surface area (Å²) >= 11 is 0. The molecule has 2 aromatic heterocycles. The highest BCUT2D eigenvalue weighted by atomic mass is 16.1. The summed E-state index contributed by atoms with van der Waals surface area (Å²) < 4.78 is 0. The number of nitrogens with zero attached hydrogens (tertiary/aromatic N) is 2. The second kappa shape index (κ2) is 6.77. The first-order chi connectivity index (χ1) is 10.8. The van der Waals surface area contributed by atoms with E-state index in [-0.39, 0.29) is 5.91 Å². The van der Waals surface area contributed by atoms with Gasteiger partial charge in [0, 0.05) is 19.3 Å². The van der Waals surface area contributed by atoms with Crippen molar-refractivity contribution in [3.63, 3.8) is 0 Å². The molecule has 0 bridgehead atoms. The van der Waals surface area contributed by atoms with E-state index in [4.69, 9.17) is 0 Å². The van der Waals surface area contributed by atoms with Crippen molar-refractivity contribution in [1.29, 1.82) is 0 Å². The van der Waals surface area contributed by atoms with Gasteiger partial charge in [-0.25, -0.2) is 9.97 Å². The molecule has 6 nitrogen and oxygen atoms in total. The Morgan fingerprint density at radius 2 is 2.23 bits per heavy atom. The molecule has 22 heavy (non-hydrogen) atoms. The first-order valence-electron chi connectivity index (χ1n) is 8.14. The van der Waals surface area contributed by atoms with Crippen LogP contribution in [0.15, 0.2) is 12.4 Å². The van der Waals surface area contributed by atoms with Crippen molar-refractivity contribution in [3.8, 4) is 0 Å². The van der Waals surface area contributed by atoms with E-state index in [1.54, 1.807) is 12.4 Å². The highest BCUT2D eigenvalue weighted by molar-refractivity contribution is 6.04. The molecular weight excluding hydrogens is 278 g/mol. The average molecular weight is 301 g/mol. The fourth-order valence-corrected chi connectivity index (χ4v) is 2.95. The molecule has 1 saturated carbocycles. The van der Waals surface area contributed by atoms with Gasteiger partial charge in [0.25, 0.3) is 5.91 Å². The maximum Gasteiger partial charge on any atom is 0.255 e. The van der Waals surface area contributed by atoms with Crippen LogP contribution in [-0.4, -0.2) is 33.9 Å². The van der Waals surface area contributed by atoms with Crippen molar-refractivity contribution in [1.82, 2.24) is 20.3 Å². The molecule has 0 unspecified atom stereocenters. The maximum atomic E-state index is 12.1. The summed E-state index contributed by atoms with van der Waals surface area (Å²) in [6, 6.07) is 0. The number of fused-ring (bicyclic) bond motifs is 1. The largest absolute Gasteiger partial charge is 0.368 e. The Bertz CT molecular complexity index is 645. The number of aromatic nitrogens is 3. The summed E-state index contributed by atoms with van der Waals surface area (Å²) in [5.41, 5.74) is 1.83. The molecule has 1 amide bonds. The van der Waals surface area contributed by atoms with Crippen molar-refractivity contribution >= 4 is 22.9 Å². The minimum atomic E-state index is -0.102. The molecule has 3 N–H and O–H groups in total. The lowest BCUT2D eigenvalue weighted by atomic mass is 10.1. The molecule has 3 rings (SSSR count). The zero-order valence-corrected chi connectivity index (χ0v) is 13.0. The lowest BCUT2D eigenvalue weighted by Gasteiger charge is -2.10. The topological polar surface area (TPSA) is 82.7 Å². The summed E-state index contributed by atoms with van der Waals surface area (Å²) in [6.45, 7) is 3.63. The molecule has 1 aliphatic carbocycles. The standard InChI is InChI=1S/C16H23N5O/c1-2-7-17-16(22)12-9-19-15-14(12)21-13(10-20-15)18-8-11-5-3-4-6-11/h9-11H,2-8H2,1H3,(H,17,22)(H,18,21)(H,19,20). The van der Waals surface area contributed by atoms with Crippen LogP contribution in [0.5, 0.6) is 0 Å². The number of aromatic amines is 1. The van der Waals surface area contributed by atoms with E-state index in [1.165, 1.54) is 25.7 Å². The van der Waals surface area contributed by atoms with Crippen LogP contribution in [0.2, 0.25) is 0 Å². The SMILES string of the molecule is CCCNC(=O)c1c[nH]c2ncc(NCC3CCCC3)nc12. The Morgan fingerprint density at radius 1 is 1.41 bits per heavy atom. The molecule has 0 spiro atoms. The molecule has 0 atom stereocenters. The number of anilines is 1. The second-order valence-corrected chi connectivity index (χ2v) is 5.94. The van der Waals surface area contributed by atoms with E-state index in [0.29, 0.717) is 23.3 Å². The predicted molar refractivity (Wildman–Crippen MR) is 87.0 cm³/mol. The molecular formula is C16H23N5O. The Labute approximate surface area is 130 Å². The van der Waals surface area contributed by atoms with Crippen molar-refractivity contribution in [2.75, 3.05) is 18.4 Å². The molecule has 0 radical (unpaired) electrons. The van der Waals surface area contributed by atoms with E-state index >= 15 is 0 Å². The van der Waals surface area contributed by atoms with Crippen molar-refractivity contribution in [3.05, 3.63) is 18.0 Å². The summed E-state index contributed by atoms with van der Waals surface area (Å²) in [5.74, 6) is 1.37. The van der Waals surface area contributed by atoms with Gasteiger partial charge in [0.15, 0.2) is 5.65 Å². The average Bonchev–Trinajstić information content (AvgIpc) is 3.19. The summed E-state index contributed by atoms with van der Waals surface area (Å²) in [7, 11) is 0. The van der Waals surface area contributed by atoms with Gasteiger partial charge in [-0.3, -0.25) is 4.79 Å². The number of carbonyl (C=O) groups excluding carboxylic acids is 1. The minimum Gasteiger partial charge on any atom is -0.368 e. The van der Waals surface area contributed by atoms with Crippen molar-refractivity contribution < 1.29 is 4.79 Å². The number of rotatable bonds is 6. The van der Waals surface area contributed by atoms with Crippen LogP contribution in [-0.2, 0) is 0 Å². The Morgan fingerprint density at radius 3 is 3.00 bits per heavy atom. The molecule has 6 heteroatoms. The monoisotopic (exact) mass is 301 g/mol. The van der Waals surface area contributed by atoms with Crippen LogP contribution in [0, 0.1) is 5.92 Å². The van der Waals surface area contributed by atoms with Gasteiger partial charge >= 0.3 is 0 Å². The molecule has 2 heterocycles. The van der Waals surface area contributed by atoms with Crippen LogP contribution < -0.4 is 10.6 Å². The number of hydrogen-bond acceptors (Lipinski definition) is 4. The van der Waals surface area contributed by atoms with Crippen LogP contribution in [0.25, 0.3) is 11.2 Å². The van der Waals surface area contributed by atoms with Gasteiger partial charge in [-0.1, -0.05) is 19.8 Å². The highest BCUT2D eigenvalue weighted by Crippen LogP contribution is 2.25. The van der Waals surface area contributed by atoms with E-state index < -0.39 is 0 Å². The van der Waals surface area contributed by atoms with Gasteiger partial charge in [-0.15, -0.1) is 0 Å². The van der Waals surface area contributed by atoms with Gasteiger partial charge in [0.2, 0.25) is 0 Å². The number of carbonyl (C=O) groups is 1. The summed E-state index contributed by atoms with van der Waals surface area (Å²) in [4.78, 5) is 24.1. The lowest BCUT2D eigenvalue weighted by molar-refractivity contribution is 0.0955. The van der Waals surface area contributed by atoms with E-state index in [0.717, 1.165) is 24.7 Å². The molecule has 1 aliphatic rings. The normalized spacial score (nSPS) is 15.3. The van der Waals surface area contributed by atoms with E-state index in [2.05, 4.69) is 25.6 Å². The van der Waals surface area contributed by atoms with Gasteiger partial charge in [-0.05, 0) is 25.2 Å². The minimum absolute atomic E-state index is 0.102. The van der Waals surface area contributed by atoms with Crippen molar-refractivity contribution in [2.45, 2.75) is 39.0 Å². The highest BCUT2D eigenvalue weighted by Gasteiger charge is 2.16. The number of amides is 1. The smallest absolute Gasteiger partial charge is 0.255 e. The zero-order chi connectivity index (χ0) is 15.4. The van der Waals surface area contributed by atoms with Gasteiger partial charge < -0.3 is 15.6 Å². The molecule has 118 valence electrons.